The van der Waals surface area contributed by atoms with Gasteiger partial charge in [-0.1, -0.05) is 55.0 Å². The lowest BCUT2D eigenvalue weighted by molar-refractivity contribution is -0.127. The third kappa shape index (κ3) is 4.54. The Kier molecular flexibility index (Phi) is 6.30. The number of carbonyl (C=O) groups excluding carboxylic acids is 1. The van der Waals surface area contributed by atoms with Crippen molar-refractivity contribution in [2.24, 2.45) is 0 Å². The maximum Gasteiger partial charge on any atom is 0.236 e. The van der Waals surface area contributed by atoms with Gasteiger partial charge in [0.05, 0.1) is 4.83 Å². The van der Waals surface area contributed by atoms with Crippen LogP contribution in [0.1, 0.15) is 51.9 Å². The molecular formula is C12H22BrNO. The molecule has 0 aromatic rings. The summed E-state index contributed by atoms with van der Waals surface area (Å²) in [5, 5.41) is 0. The first-order valence-corrected chi connectivity index (χ1v) is 7.10. The van der Waals surface area contributed by atoms with Gasteiger partial charge < -0.3 is 4.90 Å². The molecule has 0 saturated carbocycles. The van der Waals surface area contributed by atoms with Crippen molar-refractivity contribution in [3.63, 3.8) is 0 Å². The Morgan fingerprint density at radius 1 is 1.27 bits per heavy atom. The van der Waals surface area contributed by atoms with E-state index in [9.17, 15) is 4.79 Å². The van der Waals surface area contributed by atoms with Gasteiger partial charge in [0.2, 0.25) is 5.91 Å². The van der Waals surface area contributed by atoms with Crippen LogP contribution in [0.15, 0.2) is 0 Å². The van der Waals surface area contributed by atoms with Gasteiger partial charge in [-0.15, -0.1) is 0 Å². The number of unbranched alkanes of at least 4 members (excludes halogenated alkanes) is 5. The summed E-state index contributed by atoms with van der Waals surface area (Å²) < 4.78 is 0. The fraction of sp³-hybridized carbons (Fsp3) is 0.917. The lowest BCUT2D eigenvalue weighted by atomic mass is 10.1. The average molecular weight is 276 g/mol. The Bertz CT molecular complexity index is 196. The standard InChI is InChI=1S/C12H22BrNO/c1-2-3-4-5-6-7-9-14-10-8-11(13)12(14)15/h11H,2-10H2,1H3. The zero-order valence-corrected chi connectivity index (χ0v) is 11.3. The van der Waals surface area contributed by atoms with E-state index >= 15 is 0 Å². The molecule has 1 aliphatic heterocycles. The van der Waals surface area contributed by atoms with Crippen LogP contribution < -0.4 is 0 Å². The van der Waals surface area contributed by atoms with E-state index in [1.165, 1.54) is 38.5 Å². The van der Waals surface area contributed by atoms with E-state index in [0.717, 1.165) is 19.5 Å². The van der Waals surface area contributed by atoms with Gasteiger partial charge in [0.15, 0.2) is 0 Å². The highest BCUT2D eigenvalue weighted by Gasteiger charge is 2.28. The molecule has 88 valence electrons. The van der Waals surface area contributed by atoms with Crippen molar-refractivity contribution in [3.05, 3.63) is 0 Å². The second-order valence-corrected chi connectivity index (χ2v) is 5.45. The third-order valence-corrected chi connectivity index (χ3v) is 3.86. The van der Waals surface area contributed by atoms with Gasteiger partial charge in [-0.3, -0.25) is 4.79 Å². The smallest absolute Gasteiger partial charge is 0.236 e. The number of alkyl halides is 1. The van der Waals surface area contributed by atoms with Crippen molar-refractivity contribution in [2.75, 3.05) is 13.1 Å². The topological polar surface area (TPSA) is 20.3 Å². The van der Waals surface area contributed by atoms with E-state index in [1.54, 1.807) is 0 Å². The molecule has 1 fully saturated rings. The lowest BCUT2D eigenvalue weighted by Crippen LogP contribution is -2.28. The van der Waals surface area contributed by atoms with E-state index in [-0.39, 0.29) is 4.83 Å². The Morgan fingerprint density at radius 2 is 1.93 bits per heavy atom. The molecular weight excluding hydrogens is 254 g/mol. The summed E-state index contributed by atoms with van der Waals surface area (Å²) in [6, 6.07) is 0. The molecule has 2 nitrogen and oxygen atoms in total. The summed E-state index contributed by atoms with van der Waals surface area (Å²) in [6.07, 6.45) is 8.77. The van der Waals surface area contributed by atoms with Crippen LogP contribution in [0.3, 0.4) is 0 Å². The highest BCUT2D eigenvalue weighted by atomic mass is 79.9. The summed E-state index contributed by atoms with van der Waals surface area (Å²) in [4.78, 5) is 13.6. The maximum atomic E-state index is 11.6. The van der Waals surface area contributed by atoms with Gasteiger partial charge in [-0.05, 0) is 12.8 Å². The Labute approximate surface area is 102 Å². The number of hydrogen-bond donors (Lipinski definition) is 0. The minimum Gasteiger partial charge on any atom is -0.342 e. The van der Waals surface area contributed by atoms with Gasteiger partial charge in [0.25, 0.3) is 0 Å². The predicted molar refractivity (Wildman–Crippen MR) is 67.3 cm³/mol. The van der Waals surface area contributed by atoms with Crippen molar-refractivity contribution < 1.29 is 4.79 Å². The van der Waals surface area contributed by atoms with E-state index in [1.807, 2.05) is 4.90 Å². The summed E-state index contributed by atoms with van der Waals surface area (Å²) in [5.74, 6) is 0.295. The fourth-order valence-electron chi connectivity index (χ4n) is 2.01. The highest BCUT2D eigenvalue weighted by Crippen LogP contribution is 2.19. The SMILES string of the molecule is CCCCCCCCN1CCC(Br)C1=O. The van der Waals surface area contributed by atoms with Crippen molar-refractivity contribution in [3.8, 4) is 0 Å². The Balaban J connectivity index is 1.98. The van der Waals surface area contributed by atoms with E-state index in [0.29, 0.717) is 5.91 Å². The van der Waals surface area contributed by atoms with Crippen LogP contribution in [0.5, 0.6) is 0 Å². The zero-order valence-electron chi connectivity index (χ0n) is 9.67. The van der Waals surface area contributed by atoms with Crippen molar-refractivity contribution >= 4 is 21.8 Å². The second kappa shape index (κ2) is 7.26. The molecule has 1 atom stereocenters. The first-order chi connectivity index (χ1) is 7.25. The molecule has 0 aromatic heterocycles. The molecule has 0 spiro atoms. The number of amides is 1. The first-order valence-electron chi connectivity index (χ1n) is 6.18. The fourth-order valence-corrected chi connectivity index (χ4v) is 2.50. The molecule has 1 aliphatic rings. The number of likely N-dealkylation sites (tertiary alicyclic amines) is 1. The third-order valence-electron chi connectivity index (χ3n) is 3.01. The number of nitrogens with zero attached hydrogens (tertiary/aromatic N) is 1. The molecule has 3 heteroatoms. The van der Waals surface area contributed by atoms with Crippen LogP contribution in [-0.2, 0) is 4.79 Å². The van der Waals surface area contributed by atoms with Crippen molar-refractivity contribution in [1.82, 2.24) is 4.90 Å². The van der Waals surface area contributed by atoms with Crippen molar-refractivity contribution in [2.45, 2.75) is 56.7 Å². The molecule has 0 radical (unpaired) electrons. The molecule has 0 bridgehead atoms. The molecule has 0 aliphatic carbocycles. The summed E-state index contributed by atoms with van der Waals surface area (Å²) in [5.41, 5.74) is 0. The minimum atomic E-state index is 0.0950. The maximum absolute atomic E-state index is 11.6. The first kappa shape index (κ1) is 13.0. The average Bonchev–Trinajstić information content (AvgIpc) is 2.54. The minimum absolute atomic E-state index is 0.0950. The van der Waals surface area contributed by atoms with Crippen LogP contribution in [0.25, 0.3) is 0 Å². The van der Waals surface area contributed by atoms with E-state index in [2.05, 4.69) is 22.9 Å². The van der Waals surface area contributed by atoms with Crippen molar-refractivity contribution in [1.29, 1.82) is 0 Å². The molecule has 15 heavy (non-hydrogen) atoms. The van der Waals surface area contributed by atoms with Gasteiger partial charge in [-0.2, -0.15) is 0 Å². The summed E-state index contributed by atoms with van der Waals surface area (Å²) in [7, 11) is 0. The molecule has 0 aromatic carbocycles. The van der Waals surface area contributed by atoms with E-state index < -0.39 is 0 Å². The normalized spacial score (nSPS) is 21.3. The highest BCUT2D eigenvalue weighted by molar-refractivity contribution is 9.10. The second-order valence-electron chi connectivity index (χ2n) is 4.35. The Morgan fingerprint density at radius 3 is 2.53 bits per heavy atom. The molecule has 1 amide bonds. The van der Waals surface area contributed by atoms with Gasteiger partial charge in [0.1, 0.15) is 0 Å². The van der Waals surface area contributed by atoms with Crippen LogP contribution in [0.2, 0.25) is 0 Å². The van der Waals surface area contributed by atoms with Gasteiger partial charge in [0, 0.05) is 13.1 Å². The number of rotatable bonds is 7. The lowest BCUT2D eigenvalue weighted by Gasteiger charge is -2.15. The molecule has 1 rings (SSSR count). The van der Waals surface area contributed by atoms with Crippen LogP contribution in [0, 0.1) is 0 Å². The van der Waals surface area contributed by atoms with Crippen LogP contribution in [-0.4, -0.2) is 28.7 Å². The van der Waals surface area contributed by atoms with Gasteiger partial charge in [-0.25, -0.2) is 0 Å². The quantitative estimate of drug-likeness (QED) is 0.516. The monoisotopic (exact) mass is 275 g/mol. The van der Waals surface area contributed by atoms with Crippen LogP contribution in [0.4, 0.5) is 0 Å². The molecule has 1 unspecified atom stereocenters. The summed E-state index contributed by atoms with van der Waals surface area (Å²) in [6.45, 7) is 4.15. The zero-order chi connectivity index (χ0) is 11.1. The number of hydrogen-bond acceptors (Lipinski definition) is 1. The Hall–Kier alpha value is -0.0500. The molecule has 0 N–H and O–H groups in total. The van der Waals surface area contributed by atoms with Gasteiger partial charge >= 0.3 is 0 Å². The number of halogens is 1. The summed E-state index contributed by atoms with van der Waals surface area (Å²) >= 11 is 3.40. The molecule has 1 heterocycles. The van der Waals surface area contributed by atoms with E-state index in [4.69, 9.17) is 0 Å². The largest absolute Gasteiger partial charge is 0.342 e. The predicted octanol–water partition coefficient (Wildman–Crippen LogP) is 3.34. The molecule has 1 saturated heterocycles. The number of carbonyl (C=O) groups is 1. The van der Waals surface area contributed by atoms with Crippen LogP contribution >= 0.6 is 15.9 Å².